The van der Waals surface area contributed by atoms with Gasteiger partial charge in [-0.3, -0.25) is 4.68 Å². The maximum Gasteiger partial charge on any atom is 0.0773 e. The second kappa shape index (κ2) is 5.28. The molecule has 0 fully saturated rings. The van der Waals surface area contributed by atoms with Crippen LogP contribution in [0.25, 0.3) is 0 Å². The Hall–Kier alpha value is -0.870. The third-order valence-corrected chi connectivity index (χ3v) is 2.91. The van der Waals surface area contributed by atoms with Gasteiger partial charge in [0.1, 0.15) is 0 Å². The number of nitrogens with zero attached hydrogens (tertiary/aromatic N) is 2. The average Bonchev–Trinajstić information content (AvgIpc) is 2.64. The Kier molecular flexibility index (Phi) is 4.29. The van der Waals surface area contributed by atoms with Crippen molar-refractivity contribution in [3.05, 3.63) is 18.0 Å². The van der Waals surface area contributed by atoms with Crippen LogP contribution in [0.3, 0.4) is 0 Å². The Bertz CT molecular complexity index is 292. The lowest BCUT2D eigenvalue weighted by Crippen LogP contribution is -2.37. The summed E-state index contributed by atoms with van der Waals surface area (Å²) in [7, 11) is 1.94. The molecule has 15 heavy (non-hydrogen) atoms. The monoisotopic (exact) mass is 211 g/mol. The van der Waals surface area contributed by atoms with Gasteiger partial charge in [-0.15, -0.1) is 0 Å². The Morgan fingerprint density at radius 1 is 1.60 bits per heavy atom. The fourth-order valence-electron chi connectivity index (χ4n) is 1.35. The SMILES string of the molecule is CCC(C)(CN)OCCc1ccnn1C. The van der Waals surface area contributed by atoms with E-state index >= 15 is 0 Å². The number of ether oxygens (including phenoxy) is 1. The molecule has 0 bridgehead atoms. The molecule has 0 aromatic carbocycles. The summed E-state index contributed by atoms with van der Waals surface area (Å²) in [5.74, 6) is 0. The smallest absolute Gasteiger partial charge is 0.0773 e. The van der Waals surface area contributed by atoms with Gasteiger partial charge in [-0.25, -0.2) is 0 Å². The lowest BCUT2D eigenvalue weighted by molar-refractivity contribution is -0.0262. The third kappa shape index (κ3) is 3.32. The highest BCUT2D eigenvalue weighted by atomic mass is 16.5. The van der Waals surface area contributed by atoms with Crippen LogP contribution in [0.2, 0.25) is 0 Å². The minimum absolute atomic E-state index is 0.182. The molecule has 0 radical (unpaired) electrons. The molecular weight excluding hydrogens is 190 g/mol. The summed E-state index contributed by atoms with van der Waals surface area (Å²) < 4.78 is 7.66. The van der Waals surface area contributed by atoms with E-state index in [0.717, 1.165) is 12.8 Å². The first kappa shape index (κ1) is 12.2. The van der Waals surface area contributed by atoms with Gasteiger partial charge in [-0.1, -0.05) is 6.92 Å². The molecule has 0 saturated heterocycles. The maximum absolute atomic E-state index is 5.79. The third-order valence-electron chi connectivity index (χ3n) is 2.91. The summed E-state index contributed by atoms with van der Waals surface area (Å²) in [6.45, 7) is 5.41. The van der Waals surface area contributed by atoms with E-state index in [1.165, 1.54) is 5.69 Å². The number of nitrogens with two attached hydrogens (primary N) is 1. The maximum atomic E-state index is 5.79. The molecule has 4 heteroatoms. The van der Waals surface area contributed by atoms with Crippen LogP contribution in [0.4, 0.5) is 0 Å². The normalized spacial score (nSPS) is 15.2. The van der Waals surface area contributed by atoms with Crippen LogP contribution in [0.15, 0.2) is 12.3 Å². The molecule has 1 aromatic heterocycles. The molecule has 0 aliphatic rings. The summed E-state index contributed by atoms with van der Waals surface area (Å²) >= 11 is 0. The van der Waals surface area contributed by atoms with Gasteiger partial charge in [0, 0.05) is 31.9 Å². The quantitative estimate of drug-likeness (QED) is 0.766. The van der Waals surface area contributed by atoms with Gasteiger partial charge in [0.05, 0.1) is 12.2 Å². The van der Waals surface area contributed by atoms with E-state index in [0.29, 0.717) is 13.2 Å². The molecule has 4 nitrogen and oxygen atoms in total. The van der Waals surface area contributed by atoms with Crippen LogP contribution < -0.4 is 5.73 Å². The van der Waals surface area contributed by atoms with Crippen molar-refractivity contribution in [2.75, 3.05) is 13.2 Å². The van der Waals surface area contributed by atoms with E-state index in [1.807, 2.05) is 17.8 Å². The second-order valence-corrected chi connectivity index (χ2v) is 4.05. The first-order valence-electron chi connectivity index (χ1n) is 5.42. The van der Waals surface area contributed by atoms with Gasteiger partial charge in [0.15, 0.2) is 0 Å². The second-order valence-electron chi connectivity index (χ2n) is 4.05. The first-order chi connectivity index (χ1) is 7.11. The van der Waals surface area contributed by atoms with Gasteiger partial charge in [-0.2, -0.15) is 5.10 Å². The van der Waals surface area contributed by atoms with Crippen LogP contribution >= 0.6 is 0 Å². The molecular formula is C11H21N3O. The summed E-state index contributed by atoms with van der Waals surface area (Å²) in [6, 6.07) is 2.01. The summed E-state index contributed by atoms with van der Waals surface area (Å²) in [5, 5.41) is 4.11. The zero-order chi connectivity index (χ0) is 11.3. The van der Waals surface area contributed by atoms with Crippen LogP contribution in [-0.2, 0) is 18.2 Å². The van der Waals surface area contributed by atoms with E-state index in [-0.39, 0.29) is 5.60 Å². The van der Waals surface area contributed by atoms with Crippen molar-refractivity contribution in [3.63, 3.8) is 0 Å². The molecule has 0 spiro atoms. The Balaban J connectivity index is 2.36. The van der Waals surface area contributed by atoms with Crippen LogP contribution in [0.1, 0.15) is 26.0 Å². The predicted molar refractivity (Wildman–Crippen MR) is 60.6 cm³/mol. The summed E-state index contributed by atoms with van der Waals surface area (Å²) in [6.07, 6.45) is 3.62. The molecule has 1 aromatic rings. The topological polar surface area (TPSA) is 53.1 Å². The minimum Gasteiger partial charge on any atom is -0.374 e. The highest BCUT2D eigenvalue weighted by Gasteiger charge is 2.20. The zero-order valence-corrected chi connectivity index (χ0v) is 9.86. The van der Waals surface area contributed by atoms with Gasteiger partial charge in [-0.05, 0) is 19.4 Å². The Morgan fingerprint density at radius 2 is 2.33 bits per heavy atom. The lowest BCUT2D eigenvalue weighted by Gasteiger charge is -2.26. The van der Waals surface area contributed by atoms with Crippen molar-refractivity contribution in [2.24, 2.45) is 12.8 Å². The minimum atomic E-state index is -0.182. The average molecular weight is 211 g/mol. The summed E-state index contributed by atoms with van der Waals surface area (Å²) in [5.41, 5.74) is 6.67. The largest absolute Gasteiger partial charge is 0.374 e. The van der Waals surface area contributed by atoms with Crippen molar-refractivity contribution < 1.29 is 4.74 Å². The molecule has 1 rings (SSSR count). The van der Waals surface area contributed by atoms with Crippen molar-refractivity contribution in [2.45, 2.75) is 32.3 Å². The fourth-order valence-corrected chi connectivity index (χ4v) is 1.35. The molecule has 2 N–H and O–H groups in total. The zero-order valence-electron chi connectivity index (χ0n) is 9.86. The lowest BCUT2D eigenvalue weighted by atomic mass is 10.0. The Labute approximate surface area is 91.4 Å². The number of aryl methyl sites for hydroxylation is 1. The van der Waals surface area contributed by atoms with E-state index in [4.69, 9.17) is 10.5 Å². The number of hydrogen-bond donors (Lipinski definition) is 1. The van der Waals surface area contributed by atoms with E-state index < -0.39 is 0 Å². The summed E-state index contributed by atoms with van der Waals surface area (Å²) in [4.78, 5) is 0. The predicted octanol–water partition coefficient (Wildman–Crippen LogP) is 1.11. The number of aromatic nitrogens is 2. The van der Waals surface area contributed by atoms with Crippen molar-refractivity contribution in [3.8, 4) is 0 Å². The molecule has 1 atom stereocenters. The molecule has 0 aliphatic heterocycles. The fraction of sp³-hybridized carbons (Fsp3) is 0.727. The Morgan fingerprint density at radius 3 is 2.80 bits per heavy atom. The first-order valence-corrected chi connectivity index (χ1v) is 5.42. The van der Waals surface area contributed by atoms with Crippen LogP contribution in [0, 0.1) is 0 Å². The van der Waals surface area contributed by atoms with Gasteiger partial charge < -0.3 is 10.5 Å². The molecule has 86 valence electrons. The van der Waals surface area contributed by atoms with Crippen LogP contribution in [0.5, 0.6) is 0 Å². The van der Waals surface area contributed by atoms with Crippen molar-refractivity contribution >= 4 is 0 Å². The van der Waals surface area contributed by atoms with E-state index in [2.05, 4.69) is 18.9 Å². The van der Waals surface area contributed by atoms with Crippen molar-refractivity contribution in [1.29, 1.82) is 0 Å². The molecule has 0 amide bonds. The molecule has 1 unspecified atom stereocenters. The van der Waals surface area contributed by atoms with E-state index in [9.17, 15) is 0 Å². The number of hydrogen-bond acceptors (Lipinski definition) is 3. The molecule has 0 saturated carbocycles. The van der Waals surface area contributed by atoms with Crippen molar-refractivity contribution in [1.82, 2.24) is 9.78 Å². The highest BCUT2D eigenvalue weighted by Crippen LogP contribution is 2.13. The number of rotatable bonds is 6. The molecule has 1 heterocycles. The molecule has 0 aliphatic carbocycles. The van der Waals surface area contributed by atoms with E-state index in [1.54, 1.807) is 6.20 Å². The van der Waals surface area contributed by atoms with Gasteiger partial charge >= 0.3 is 0 Å². The van der Waals surface area contributed by atoms with Gasteiger partial charge in [0.25, 0.3) is 0 Å². The van der Waals surface area contributed by atoms with Gasteiger partial charge in [0.2, 0.25) is 0 Å². The standard InChI is InChI=1S/C11H21N3O/c1-4-11(2,9-12)15-8-6-10-5-7-13-14(10)3/h5,7H,4,6,8-9,12H2,1-3H3. The van der Waals surface area contributed by atoms with Crippen LogP contribution in [-0.4, -0.2) is 28.5 Å². The highest BCUT2D eigenvalue weighted by molar-refractivity contribution is 4.99.